The average molecular weight is 815 g/mol. The second-order valence-corrected chi connectivity index (χ2v) is 23.1. The highest BCUT2D eigenvalue weighted by atomic mass is 16.5. The largest absolute Gasteiger partial charge is 0.481 e. The van der Waals surface area contributed by atoms with Crippen molar-refractivity contribution < 1.29 is 29.3 Å². The molecule has 1 aromatic rings. The third-order valence-electron chi connectivity index (χ3n) is 19.5. The van der Waals surface area contributed by atoms with E-state index in [0.29, 0.717) is 30.1 Å². The first-order valence-electron chi connectivity index (χ1n) is 23.7. The van der Waals surface area contributed by atoms with E-state index >= 15 is 0 Å². The highest BCUT2D eigenvalue weighted by Gasteiger charge is 2.70. The van der Waals surface area contributed by atoms with Gasteiger partial charge in [0, 0.05) is 31.6 Å². The molecule has 3 N–H and O–H groups in total. The smallest absolute Gasteiger partial charge is 0.309 e. The van der Waals surface area contributed by atoms with Crippen LogP contribution < -0.4 is 5.32 Å². The van der Waals surface area contributed by atoms with E-state index in [1.165, 1.54) is 42.4 Å². The van der Waals surface area contributed by atoms with Gasteiger partial charge < -0.3 is 25.0 Å². The van der Waals surface area contributed by atoms with Crippen LogP contribution in [0.2, 0.25) is 0 Å². The Balaban J connectivity index is 0.960. The summed E-state index contributed by atoms with van der Waals surface area (Å²) in [6.45, 7) is 27.6. The van der Waals surface area contributed by atoms with Gasteiger partial charge in [-0.3, -0.25) is 14.5 Å². The number of nitrogens with zero attached hydrogens (tertiary/aromatic N) is 1. The summed E-state index contributed by atoms with van der Waals surface area (Å²) in [5.41, 5.74) is 5.54. The Morgan fingerprint density at radius 3 is 2.20 bits per heavy atom. The predicted molar refractivity (Wildman–Crippen MR) is 232 cm³/mol. The zero-order valence-corrected chi connectivity index (χ0v) is 38.1. The van der Waals surface area contributed by atoms with E-state index in [2.05, 4.69) is 82.9 Å². The summed E-state index contributed by atoms with van der Waals surface area (Å²) in [6, 6.07) is 9.16. The number of rotatable bonds is 11. The number of carbonyl (C=O) groups excluding carboxylic acids is 1. The number of morpholine rings is 1. The second kappa shape index (κ2) is 15.5. The lowest BCUT2D eigenvalue weighted by molar-refractivity contribution is -0.236. The molecule has 1 unspecified atom stereocenters. The number of nitrogens with one attached hydrogen (secondary N) is 1. The fourth-order valence-corrected chi connectivity index (χ4v) is 15.8. The number of allylic oxidation sites excluding steroid dienone is 1. The number of aliphatic hydroxyl groups excluding tert-OH is 1. The lowest BCUT2D eigenvalue weighted by Crippen LogP contribution is -2.66. The van der Waals surface area contributed by atoms with Crippen molar-refractivity contribution in [1.29, 1.82) is 0 Å². The fraction of sp³-hybridized carbons (Fsp3) is 0.804. The SMILES string of the molecule is CC(C)C1=C2[C@H]3CC[C@@H]4[C@@]5(C)CC[C@H](OC(=O)[C@H]6C[C@@H](C(=O)O)C6(C)C)C(C)(C)[C@@H]5CC[C@@]4(C)[C@]3(C)CC[C@@]2(CCNCc2ccc(CN3CCOCC3)cc2)CC1O. The quantitative estimate of drug-likeness (QED) is 0.115. The van der Waals surface area contributed by atoms with E-state index < -0.39 is 17.3 Å². The number of ether oxygens (including phenoxy) is 2. The van der Waals surface area contributed by atoms with Gasteiger partial charge in [-0.25, -0.2) is 0 Å². The van der Waals surface area contributed by atoms with Crippen LogP contribution in [0.15, 0.2) is 35.4 Å². The zero-order valence-electron chi connectivity index (χ0n) is 38.1. The van der Waals surface area contributed by atoms with Gasteiger partial charge in [-0.15, -0.1) is 0 Å². The summed E-state index contributed by atoms with van der Waals surface area (Å²) in [6.07, 6.45) is 10.9. The van der Waals surface area contributed by atoms with E-state index in [9.17, 15) is 19.8 Å². The van der Waals surface area contributed by atoms with Gasteiger partial charge in [-0.2, -0.15) is 0 Å². The van der Waals surface area contributed by atoms with Gasteiger partial charge >= 0.3 is 11.9 Å². The Hall–Kier alpha value is -2.26. The van der Waals surface area contributed by atoms with Crippen molar-refractivity contribution in [3.8, 4) is 0 Å². The number of hydrogen-bond acceptors (Lipinski definition) is 7. The highest BCUT2D eigenvalue weighted by Crippen LogP contribution is 2.77. The van der Waals surface area contributed by atoms with Gasteiger partial charge in [0.1, 0.15) is 6.10 Å². The number of hydrogen-bond donors (Lipinski definition) is 3. The van der Waals surface area contributed by atoms with Gasteiger partial charge in [0.25, 0.3) is 0 Å². The molecule has 6 fully saturated rings. The number of aliphatic carboxylic acids is 1. The third kappa shape index (κ3) is 6.99. The Bertz CT molecular complexity index is 1780. The maximum absolute atomic E-state index is 13.7. The molecule has 1 saturated heterocycles. The molecular formula is C51H78N2O6. The number of carboxylic acids is 1. The van der Waals surface area contributed by atoms with Crippen LogP contribution in [-0.4, -0.2) is 72.1 Å². The topological polar surface area (TPSA) is 108 Å². The molecule has 6 aliphatic carbocycles. The molecule has 59 heavy (non-hydrogen) atoms. The Morgan fingerprint density at radius 1 is 0.847 bits per heavy atom. The van der Waals surface area contributed by atoms with Crippen molar-refractivity contribution in [2.75, 3.05) is 32.8 Å². The van der Waals surface area contributed by atoms with E-state index in [0.717, 1.165) is 84.5 Å². The summed E-state index contributed by atoms with van der Waals surface area (Å²) in [5.74, 6) is 0.0429. The van der Waals surface area contributed by atoms with Crippen molar-refractivity contribution in [3.63, 3.8) is 0 Å². The van der Waals surface area contributed by atoms with Crippen LogP contribution in [-0.2, 0) is 32.2 Å². The maximum Gasteiger partial charge on any atom is 0.309 e. The first-order chi connectivity index (χ1) is 27.8. The summed E-state index contributed by atoms with van der Waals surface area (Å²) in [5, 5.41) is 25.5. The highest BCUT2D eigenvalue weighted by molar-refractivity contribution is 5.81. The molecule has 328 valence electrons. The molecule has 0 spiro atoms. The maximum atomic E-state index is 13.7. The molecule has 5 saturated carbocycles. The summed E-state index contributed by atoms with van der Waals surface area (Å²) >= 11 is 0. The fourth-order valence-electron chi connectivity index (χ4n) is 15.8. The molecular weight excluding hydrogens is 737 g/mol. The summed E-state index contributed by atoms with van der Waals surface area (Å²) < 4.78 is 12.0. The number of carbonyl (C=O) groups is 2. The molecule has 0 amide bonds. The van der Waals surface area contributed by atoms with Crippen molar-refractivity contribution in [3.05, 3.63) is 46.5 Å². The summed E-state index contributed by atoms with van der Waals surface area (Å²) in [4.78, 5) is 28.0. The normalized spacial score (nSPS) is 41.3. The molecule has 1 aliphatic heterocycles. The molecule has 1 heterocycles. The van der Waals surface area contributed by atoms with Gasteiger partial charge in [0.05, 0.1) is 31.2 Å². The van der Waals surface area contributed by atoms with E-state index in [1.54, 1.807) is 5.57 Å². The van der Waals surface area contributed by atoms with E-state index in [1.807, 2.05) is 13.8 Å². The minimum atomic E-state index is -0.809. The molecule has 7 aliphatic rings. The van der Waals surface area contributed by atoms with Gasteiger partial charge in [-0.1, -0.05) is 92.2 Å². The molecule has 1 aromatic carbocycles. The van der Waals surface area contributed by atoms with Crippen molar-refractivity contribution in [2.24, 2.45) is 68.0 Å². The van der Waals surface area contributed by atoms with Crippen LogP contribution in [0, 0.1) is 68.0 Å². The summed E-state index contributed by atoms with van der Waals surface area (Å²) in [7, 11) is 0. The van der Waals surface area contributed by atoms with Gasteiger partial charge in [0.15, 0.2) is 0 Å². The molecule has 0 radical (unpaired) electrons. The minimum Gasteiger partial charge on any atom is -0.481 e. The second-order valence-electron chi connectivity index (χ2n) is 23.1. The first kappa shape index (κ1) is 43.4. The molecule has 0 aromatic heterocycles. The van der Waals surface area contributed by atoms with Crippen LogP contribution >= 0.6 is 0 Å². The van der Waals surface area contributed by atoms with Crippen LogP contribution in [0.3, 0.4) is 0 Å². The standard InChI is InChI=1S/C51H78N2O6/c1-32(2)42-38(54)29-51(22-23-52-30-33-10-12-34(13-11-33)31-53-24-26-58-27-25-53)21-20-49(8)35(43(42)51)14-15-40-48(7)18-17-41(47(5,6)39(48)16-19-50(40,49)9)59-45(57)37-28-36(44(55)56)46(37,3)4/h10-13,32,35-41,52,54H,14-31H2,1-9H3,(H,55,56)/t35-,36+,37-,38?,39+,40-,41+,48+,49-,50-,51-/m1/s1. The van der Waals surface area contributed by atoms with Crippen LogP contribution in [0.25, 0.3) is 0 Å². The molecule has 0 bridgehead atoms. The monoisotopic (exact) mass is 815 g/mol. The predicted octanol–water partition coefficient (Wildman–Crippen LogP) is 9.43. The number of benzene rings is 1. The Kier molecular flexibility index (Phi) is 11.4. The molecule has 11 atom stereocenters. The van der Waals surface area contributed by atoms with Crippen molar-refractivity contribution in [1.82, 2.24) is 10.2 Å². The third-order valence-corrected chi connectivity index (χ3v) is 19.5. The lowest BCUT2D eigenvalue weighted by Gasteiger charge is -2.72. The Labute approximate surface area is 356 Å². The van der Waals surface area contributed by atoms with E-state index in [4.69, 9.17) is 9.47 Å². The average Bonchev–Trinajstić information content (AvgIpc) is 3.47. The number of carboxylic acid groups (broad SMARTS) is 1. The van der Waals surface area contributed by atoms with Gasteiger partial charge in [0.2, 0.25) is 0 Å². The van der Waals surface area contributed by atoms with Crippen molar-refractivity contribution in [2.45, 2.75) is 158 Å². The minimum absolute atomic E-state index is 0.0614. The lowest BCUT2D eigenvalue weighted by atomic mass is 9.33. The van der Waals surface area contributed by atoms with Crippen LogP contribution in [0.4, 0.5) is 0 Å². The van der Waals surface area contributed by atoms with Crippen LogP contribution in [0.1, 0.15) is 144 Å². The number of fused-ring (bicyclic) bond motifs is 7. The number of esters is 1. The number of aliphatic hydroxyl groups is 1. The zero-order chi connectivity index (χ0) is 42.3. The van der Waals surface area contributed by atoms with Gasteiger partial charge in [-0.05, 0) is 145 Å². The van der Waals surface area contributed by atoms with Crippen LogP contribution in [0.5, 0.6) is 0 Å². The molecule has 8 nitrogen and oxygen atoms in total. The first-order valence-corrected chi connectivity index (χ1v) is 23.7. The molecule has 8 heteroatoms. The molecule has 8 rings (SSSR count). The van der Waals surface area contributed by atoms with Crippen molar-refractivity contribution >= 4 is 11.9 Å². The van der Waals surface area contributed by atoms with E-state index in [-0.39, 0.29) is 51.2 Å². The Morgan fingerprint density at radius 2 is 1.54 bits per heavy atom.